The number of nitrogens with two attached hydrogens (primary N) is 2. The first-order valence-corrected chi connectivity index (χ1v) is 7.06. The number of anilines is 2. The molecular weight excluding hydrogens is 238 g/mol. The third-order valence-corrected chi connectivity index (χ3v) is 4.00. The minimum absolute atomic E-state index is 0.424. The van der Waals surface area contributed by atoms with Gasteiger partial charge in [-0.05, 0) is 30.9 Å². The molecule has 0 atom stereocenters. The van der Waals surface area contributed by atoms with E-state index in [-0.39, 0.29) is 0 Å². The molecule has 1 aromatic carbocycles. The molecule has 1 aromatic rings. The standard InChI is InChI=1S/C15H23N3O/c1-2-4-11-7-9-18(10-8-11)13-6-3-5-12(14(13)16)15(17)19/h3,5-6,11H,2,4,7-10,16H2,1H3,(H2,17,19). The molecule has 104 valence electrons. The monoisotopic (exact) mass is 261 g/mol. The van der Waals surface area contributed by atoms with Crippen LogP contribution in [-0.4, -0.2) is 19.0 Å². The maximum atomic E-state index is 11.3. The average Bonchev–Trinajstić information content (AvgIpc) is 2.40. The summed E-state index contributed by atoms with van der Waals surface area (Å²) in [4.78, 5) is 13.6. The first-order chi connectivity index (χ1) is 9.13. The number of para-hydroxylation sites is 1. The van der Waals surface area contributed by atoms with Gasteiger partial charge in [0.1, 0.15) is 0 Å². The summed E-state index contributed by atoms with van der Waals surface area (Å²) < 4.78 is 0. The molecule has 1 saturated heterocycles. The zero-order valence-corrected chi connectivity index (χ0v) is 11.6. The number of carbonyl (C=O) groups is 1. The number of amides is 1. The van der Waals surface area contributed by atoms with Crippen LogP contribution in [0.5, 0.6) is 0 Å². The van der Waals surface area contributed by atoms with Crippen LogP contribution in [0, 0.1) is 5.92 Å². The minimum atomic E-state index is -0.458. The van der Waals surface area contributed by atoms with Crippen molar-refractivity contribution in [2.45, 2.75) is 32.6 Å². The van der Waals surface area contributed by atoms with Gasteiger partial charge in [0, 0.05) is 13.1 Å². The zero-order valence-electron chi connectivity index (χ0n) is 11.6. The molecule has 1 amide bonds. The fourth-order valence-corrected chi connectivity index (χ4v) is 2.91. The Kier molecular flexibility index (Phi) is 4.30. The molecule has 2 rings (SSSR count). The van der Waals surface area contributed by atoms with Gasteiger partial charge in [-0.1, -0.05) is 25.8 Å². The average molecular weight is 261 g/mol. The molecule has 4 nitrogen and oxygen atoms in total. The number of rotatable bonds is 4. The fraction of sp³-hybridized carbons (Fsp3) is 0.533. The Morgan fingerprint density at radius 2 is 2.05 bits per heavy atom. The molecule has 1 heterocycles. The van der Waals surface area contributed by atoms with Crippen molar-refractivity contribution in [1.29, 1.82) is 0 Å². The van der Waals surface area contributed by atoms with Gasteiger partial charge in [-0.25, -0.2) is 0 Å². The van der Waals surface area contributed by atoms with Gasteiger partial charge in [-0.2, -0.15) is 0 Å². The summed E-state index contributed by atoms with van der Waals surface area (Å²) in [6, 6.07) is 5.51. The van der Waals surface area contributed by atoms with E-state index in [1.165, 1.54) is 25.7 Å². The van der Waals surface area contributed by atoms with E-state index >= 15 is 0 Å². The van der Waals surface area contributed by atoms with Crippen molar-refractivity contribution in [2.24, 2.45) is 11.7 Å². The molecule has 4 heteroatoms. The highest BCUT2D eigenvalue weighted by molar-refractivity contribution is 6.00. The van der Waals surface area contributed by atoms with Crippen LogP contribution in [-0.2, 0) is 0 Å². The van der Waals surface area contributed by atoms with Gasteiger partial charge in [-0.3, -0.25) is 4.79 Å². The highest BCUT2D eigenvalue weighted by Gasteiger charge is 2.21. The van der Waals surface area contributed by atoms with E-state index in [2.05, 4.69) is 11.8 Å². The molecule has 0 spiro atoms. The van der Waals surface area contributed by atoms with Crippen molar-refractivity contribution >= 4 is 17.3 Å². The summed E-state index contributed by atoms with van der Waals surface area (Å²) in [5, 5.41) is 0. The summed E-state index contributed by atoms with van der Waals surface area (Å²) >= 11 is 0. The Bertz CT molecular complexity index is 451. The van der Waals surface area contributed by atoms with Crippen LogP contribution in [0.1, 0.15) is 43.0 Å². The summed E-state index contributed by atoms with van der Waals surface area (Å²) in [7, 11) is 0. The van der Waals surface area contributed by atoms with E-state index in [0.29, 0.717) is 11.3 Å². The van der Waals surface area contributed by atoms with Crippen LogP contribution in [0.2, 0.25) is 0 Å². The second-order valence-electron chi connectivity index (χ2n) is 5.32. The van der Waals surface area contributed by atoms with Crippen molar-refractivity contribution in [1.82, 2.24) is 0 Å². The van der Waals surface area contributed by atoms with Crippen molar-refractivity contribution in [2.75, 3.05) is 23.7 Å². The van der Waals surface area contributed by atoms with Gasteiger partial charge >= 0.3 is 0 Å². The lowest BCUT2D eigenvalue weighted by Gasteiger charge is -2.34. The molecule has 0 bridgehead atoms. The molecule has 0 saturated carbocycles. The number of nitrogens with zero attached hydrogens (tertiary/aromatic N) is 1. The quantitative estimate of drug-likeness (QED) is 0.817. The predicted octanol–water partition coefficient (Wildman–Crippen LogP) is 2.38. The molecule has 1 aliphatic rings. The Labute approximate surface area is 114 Å². The Balaban J connectivity index is 2.11. The van der Waals surface area contributed by atoms with E-state index in [1.54, 1.807) is 6.07 Å². The second-order valence-corrected chi connectivity index (χ2v) is 5.32. The SMILES string of the molecule is CCCC1CCN(c2cccc(C(N)=O)c2N)CC1. The molecule has 0 aromatic heterocycles. The molecule has 0 aliphatic carbocycles. The summed E-state index contributed by atoms with van der Waals surface area (Å²) in [6.45, 7) is 4.26. The number of nitrogen functional groups attached to an aromatic ring is 1. The molecular formula is C15H23N3O. The number of hydrogen-bond acceptors (Lipinski definition) is 3. The van der Waals surface area contributed by atoms with Crippen molar-refractivity contribution in [3.05, 3.63) is 23.8 Å². The van der Waals surface area contributed by atoms with Crippen LogP contribution in [0.15, 0.2) is 18.2 Å². The van der Waals surface area contributed by atoms with E-state index < -0.39 is 5.91 Å². The lowest BCUT2D eigenvalue weighted by Crippen LogP contribution is -2.34. The maximum absolute atomic E-state index is 11.3. The highest BCUT2D eigenvalue weighted by atomic mass is 16.1. The molecule has 19 heavy (non-hydrogen) atoms. The maximum Gasteiger partial charge on any atom is 0.250 e. The van der Waals surface area contributed by atoms with Crippen LogP contribution in [0.4, 0.5) is 11.4 Å². The van der Waals surface area contributed by atoms with Crippen molar-refractivity contribution in [3.8, 4) is 0 Å². The van der Waals surface area contributed by atoms with E-state index in [1.807, 2.05) is 12.1 Å². The predicted molar refractivity (Wildman–Crippen MR) is 79.2 cm³/mol. The van der Waals surface area contributed by atoms with Gasteiger partial charge in [0.2, 0.25) is 0 Å². The third kappa shape index (κ3) is 3.00. The topological polar surface area (TPSA) is 72.3 Å². The van der Waals surface area contributed by atoms with Crippen molar-refractivity contribution in [3.63, 3.8) is 0 Å². The number of carbonyl (C=O) groups excluding carboxylic acids is 1. The van der Waals surface area contributed by atoms with Gasteiger partial charge in [0.25, 0.3) is 5.91 Å². The minimum Gasteiger partial charge on any atom is -0.396 e. The van der Waals surface area contributed by atoms with Gasteiger partial charge < -0.3 is 16.4 Å². The Hall–Kier alpha value is -1.71. The highest BCUT2D eigenvalue weighted by Crippen LogP contribution is 2.31. The second kappa shape index (κ2) is 5.95. The van der Waals surface area contributed by atoms with E-state index in [0.717, 1.165) is 24.7 Å². The summed E-state index contributed by atoms with van der Waals surface area (Å²) in [6.07, 6.45) is 4.97. The van der Waals surface area contributed by atoms with Crippen LogP contribution in [0.25, 0.3) is 0 Å². The molecule has 0 unspecified atom stereocenters. The van der Waals surface area contributed by atoms with Crippen LogP contribution < -0.4 is 16.4 Å². The number of benzene rings is 1. The van der Waals surface area contributed by atoms with Crippen molar-refractivity contribution < 1.29 is 4.79 Å². The Morgan fingerprint density at radius 3 is 2.63 bits per heavy atom. The third-order valence-electron chi connectivity index (χ3n) is 4.00. The van der Waals surface area contributed by atoms with Crippen LogP contribution in [0.3, 0.4) is 0 Å². The fourth-order valence-electron chi connectivity index (χ4n) is 2.91. The normalized spacial score (nSPS) is 16.6. The lowest BCUT2D eigenvalue weighted by molar-refractivity contribution is 0.100. The van der Waals surface area contributed by atoms with E-state index in [9.17, 15) is 4.79 Å². The van der Waals surface area contributed by atoms with Gasteiger partial charge in [0.05, 0.1) is 16.9 Å². The molecule has 1 fully saturated rings. The number of piperidine rings is 1. The number of primary amides is 1. The smallest absolute Gasteiger partial charge is 0.250 e. The van der Waals surface area contributed by atoms with Gasteiger partial charge in [-0.15, -0.1) is 0 Å². The van der Waals surface area contributed by atoms with Gasteiger partial charge in [0.15, 0.2) is 0 Å². The first-order valence-electron chi connectivity index (χ1n) is 7.06. The van der Waals surface area contributed by atoms with E-state index in [4.69, 9.17) is 11.5 Å². The molecule has 1 aliphatic heterocycles. The lowest BCUT2D eigenvalue weighted by atomic mass is 9.92. The molecule has 4 N–H and O–H groups in total. The first kappa shape index (κ1) is 13.7. The van der Waals surface area contributed by atoms with Crippen LogP contribution >= 0.6 is 0 Å². The largest absolute Gasteiger partial charge is 0.396 e. The number of hydrogen-bond donors (Lipinski definition) is 2. The molecule has 0 radical (unpaired) electrons. The summed E-state index contributed by atoms with van der Waals surface area (Å²) in [5.74, 6) is 0.377. The zero-order chi connectivity index (χ0) is 13.8. The Morgan fingerprint density at radius 1 is 1.37 bits per heavy atom. The summed E-state index contributed by atoms with van der Waals surface area (Å²) in [5.41, 5.74) is 13.3.